The molecule has 0 atom stereocenters. The molecule has 1 aliphatic heterocycles. The molecule has 0 bridgehead atoms. The second kappa shape index (κ2) is 11.2. The van der Waals surface area contributed by atoms with Crippen molar-refractivity contribution in [3.05, 3.63) is 35.4 Å². The molecule has 2 rings (SSSR count). The fourth-order valence-electron chi connectivity index (χ4n) is 3.56. The molecule has 1 fully saturated rings. The third kappa shape index (κ3) is 7.31. The number of guanidine groups is 1. The molecule has 1 aromatic carbocycles. The molecular formula is C21H32F3IN4O. The van der Waals surface area contributed by atoms with E-state index in [1.54, 1.807) is 20.2 Å². The van der Waals surface area contributed by atoms with E-state index < -0.39 is 17.2 Å². The zero-order valence-electron chi connectivity index (χ0n) is 18.0. The number of aliphatic imine (C=N–C) groups is 1. The third-order valence-electron chi connectivity index (χ3n) is 5.54. The quantitative estimate of drug-likeness (QED) is 0.337. The van der Waals surface area contributed by atoms with Crippen LogP contribution in [-0.2, 0) is 16.4 Å². The Labute approximate surface area is 193 Å². The van der Waals surface area contributed by atoms with Gasteiger partial charge in [0.2, 0.25) is 5.91 Å². The maximum atomic E-state index is 13.0. The molecular weight excluding hydrogens is 508 g/mol. The molecule has 170 valence electrons. The van der Waals surface area contributed by atoms with Gasteiger partial charge in [0.15, 0.2) is 5.96 Å². The summed E-state index contributed by atoms with van der Waals surface area (Å²) in [5.74, 6) is 1.17. The molecule has 5 nitrogen and oxygen atoms in total. The van der Waals surface area contributed by atoms with Crippen molar-refractivity contribution in [1.82, 2.24) is 15.5 Å². The monoisotopic (exact) mass is 540 g/mol. The number of likely N-dealkylation sites (tertiary alicyclic amines) is 1. The highest BCUT2D eigenvalue weighted by Crippen LogP contribution is 2.32. The second-order valence-electron chi connectivity index (χ2n) is 8.17. The molecule has 0 spiro atoms. The number of amides is 1. The highest BCUT2D eigenvalue weighted by Gasteiger charge is 2.32. The summed E-state index contributed by atoms with van der Waals surface area (Å²) in [6, 6.07) is 5.49. The van der Waals surface area contributed by atoms with Crippen molar-refractivity contribution in [1.29, 1.82) is 0 Å². The minimum Gasteiger partial charge on any atom is -0.359 e. The van der Waals surface area contributed by atoms with E-state index in [1.165, 1.54) is 12.1 Å². The van der Waals surface area contributed by atoms with Crippen molar-refractivity contribution >= 4 is 35.8 Å². The van der Waals surface area contributed by atoms with E-state index in [0.29, 0.717) is 24.4 Å². The zero-order valence-corrected chi connectivity index (χ0v) is 20.3. The van der Waals surface area contributed by atoms with Crippen LogP contribution < -0.4 is 10.6 Å². The Kier molecular flexibility index (Phi) is 9.90. The van der Waals surface area contributed by atoms with Gasteiger partial charge in [0.25, 0.3) is 0 Å². The first kappa shape index (κ1) is 26.5. The van der Waals surface area contributed by atoms with E-state index in [0.717, 1.165) is 38.0 Å². The number of hydrogen-bond donors (Lipinski definition) is 2. The Morgan fingerprint density at radius 2 is 1.80 bits per heavy atom. The van der Waals surface area contributed by atoms with Crippen LogP contribution in [0.15, 0.2) is 29.3 Å². The average molecular weight is 540 g/mol. The van der Waals surface area contributed by atoms with E-state index >= 15 is 0 Å². The number of carbonyl (C=O) groups is 1. The summed E-state index contributed by atoms with van der Waals surface area (Å²) in [6.07, 6.45) is -2.00. The summed E-state index contributed by atoms with van der Waals surface area (Å²) < 4.78 is 39.1. The Morgan fingerprint density at radius 1 is 1.20 bits per heavy atom. The molecule has 1 amide bonds. The molecule has 2 N–H and O–H groups in total. The zero-order chi connectivity index (χ0) is 21.7. The Bertz CT molecular complexity index is 729. The maximum Gasteiger partial charge on any atom is 0.416 e. The predicted octanol–water partition coefficient (Wildman–Crippen LogP) is 4.02. The Hall–Kier alpha value is -1.52. The minimum atomic E-state index is -4.35. The summed E-state index contributed by atoms with van der Waals surface area (Å²) in [5, 5.41) is 5.98. The summed E-state index contributed by atoms with van der Waals surface area (Å²) in [6.45, 7) is 5.88. The molecule has 0 aromatic heterocycles. The van der Waals surface area contributed by atoms with Gasteiger partial charge in [-0.3, -0.25) is 9.79 Å². The average Bonchev–Trinajstić information content (AvgIpc) is 2.69. The van der Waals surface area contributed by atoms with Gasteiger partial charge in [0.05, 0.1) is 5.56 Å². The first-order chi connectivity index (χ1) is 13.6. The lowest BCUT2D eigenvalue weighted by Gasteiger charge is -2.35. The summed E-state index contributed by atoms with van der Waals surface area (Å²) in [7, 11) is 3.35. The highest BCUT2D eigenvalue weighted by atomic mass is 127. The standard InChI is InChI=1S/C21H31F3N4O.HI/c1-20(2,16-6-5-7-17(13-16)21(22,23)24)14-27-19(26-4)28-10-8-15(9-11-28)12-18(29)25-3;/h5-7,13,15H,8-12,14H2,1-4H3,(H,25,29)(H,26,27);1H. The molecule has 9 heteroatoms. The van der Waals surface area contributed by atoms with E-state index in [2.05, 4.69) is 20.5 Å². The van der Waals surface area contributed by atoms with Crippen LogP contribution in [0.2, 0.25) is 0 Å². The normalized spacial score (nSPS) is 16.1. The molecule has 30 heavy (non-hydrogen) atoms. The Balaban J connectivity index is 0.00000450. The summed E-state index contributed by atoms with van der Waals surface area (Å²) >= 11 is 0. The van der Waals surface area contributed by atoms with Gasteiger partial charge in [0, 0.05) is 45.6 Å². The van der Waals surface area contributed by atoms with Crippen molar-refractivity contribution in [3.8, 4) is 0 Å². The van der Waals surface area contributed by atoms with Crippen LogP contribution in [0.4, 0.5) is 13.2 Å². The number of piperidine rings is 1. The van der Waals surface area contributed by atoms with Crippen LogP contribution in [0, 0.1) is 5.92 Å². The van der Waals surface area contributed by atoms with Gasteiger partial charge in [-0.25, -0.2) is 0 Å². The first-order valence-electron chi connectivity index (χ1n) is 9.90. The van der Waals surface area contributed by atoms with Crippen LogP contribution >= 0.6 is 24.0 Å². The number of carbonyl (C=O) groups excluding carboxylic acids is 1. The molecule has 1 aliphatic rings. The first-order valence-corrected chi connectivity index (χ1v) is 9.90. The largest absolute Gasteiger partial charge is 0.416 e. The van der Waals surface area contributed by atoms with Crippen LogP contribution in [0.25, 0.3) is 0 Å². The second-order valence-corrected chi connectivity index (χ2v) is 8.17. The van der Waals surface area contributed by atoms with Crippen LogP contribution in [0.1, 0.15) is 44.2 Å². The Morgan fingerprint density at radius 3 is 2.33 bits per heavy atom. The molecule has 1 heterocycles. The van der Waals surface area contributed by atoms with Gasteiger partial charge < -0.3 is 15.5 Å². The molecule has 0 radical (unpaired) electrons. The van der Waals surface area contributed by atoms with E-state index in [9.17, 15) is 18.0 Å². The molecule has 0 saturated carbocycles. The van der Waals surface area contributed by atoms with Gasteiger partial charge in [-0.1, -0.05) is 32.0 Å². The molecule has 1 aromatic rings. The maximum absolute atomic E-state index is 13.0. The van der Waals surface area contributed by atoms with Gasteiger partial charge in [-0.2, -0.15) is 13.2 Å². The lowest BCUT2D eigenvalue weighted by atomic mass is 9.83. The number of rotatable bonds is 5. The number of halogens is 4. The van der Waals surface area contributed by atoms with Gasteiger partial charge in [-0.05, 0) is 30.4 Å². The fourth-order valence-corrected chi connectivity index (χ4v) is 3.56. The van der Waals surface area contributed by atoms with E-state index in [4.69, 9.17) is 0 Å². The number of nitrogens with zero attached hydrogens (tertiary/aromatic N) is 2. The van der Waals surface area contributed by atoms with Gasteiger partial charge >= 0.3 is 6.18 Å². The van der Waals surface area contributed by atoms with Gasteiger partial charge in [0.1, 0.15) is 0 Å². The van der Waals surface area contributed by atoms with Crippen LogP contribution in [0.5, 0.6) is 0 Å². The van der Waals surface area contributed by atoms with Gasteiger partial charge in [-0.15, -0.1) is 24.0 Å². The fraction of sp³-hybridized carbons (Fsp3) is 0.619. The molecule has 0 aliphatic carbocycles. The van der Waals surface area contributed by atoms with Crippen molar-refractivity contribution < 1.29 is 18.0 Å². The smallest absolute Gasteiger partial charge is 0.359 e. The minimum absolute atomic E-state index is 0. The topological polar surface area (TPSA) is 56.7 Å². The van der Waals surface area contributed by atoms with Crippen molar-refractivity contribution in [2.45, 2.75) is 44.7 Å². The number of benzene rings is 1. The van der Waals surface area contributed by atoms with Crippen molar-refractivity contribution in [2.24, 2.45) is 10.9 Å². The SMILES string of the molecule is CN=C(NCC(C)(C)c1cccc(C(F)(F)F)c1)N1CCC(CC(=O)NC)CC1.I. The van der Waals surface area contributed by atoms with Crippen molar-refractivity contribution in [3.63, 3.8) is 0 Å². The highest BCUT2D eigenvalue weighted by molar-refractivity contribution is 14.0. The number of alkyl halides is 3. The third-order valence-corrected chi connectivity index (χ3v) is 5.54. The number of hydrogen-bond acceptors (Lipinski definition) is 2. The number of nitrogens with one attached hydrogen (secondary N) is 2. The van der Waals surface area contributed by atoms with Crippen molar-refractivity contribution in [2.75, 3.05) is 33.7 Å². The summed E-state index contributed by atoms with van der Waals surface area (Å²) in [5.41, 5.74) is -0.514. The van der Waals surface area contributed by atoms with Crippen LogP contribution in [-0.4, -0.2) is 50.5 Å². The van der Waals surface area contributed by atoms with E-state index in [1.807, 2.05) is 13.8 Å². The summed E-state index contributed by atoms with van der Waals surface area (Å²) in [4.78, 5) is 18.0. The molecule has 1 saturated heterocycles. The van der Waals surface area contributed by atoms with Crippen LogP contribution in [0.3, 0.4) is 0 Å². The van der Waals surface area contributed by atoms with E-state index in [-0.39, 0.29) is 29.9 Å². The lowest BCUT2D eigenvalue weighted by molar-refractivity contribution is -0.137. The predicted molar refractivity (Wildman–Crippen MR) is 124 cm³/mol. The molecule has 0 unspecified atom stereocenters. The lowest BCUT2D eigenvalue weighted by Crippen LogP contribution is -2.48.